The number of anilines is 1. The summed E-state index contributed by atoms with van der Waals surface area (Å²) in [5.74, 6) is 0.634. The van der Waals surface area contributed by atoms with E-state index in [0.29, 0.717) is 25.3 Å². The maximum Gasteiger partial charge on any atom is 0.225 e. The molecule has 1 amide bonds. The highest BCUT2D eigenvalue weighted by Gasteiger charge is 2.07. The number of nitrogens with one attached hydrogen (secondary N) is 1. The van der Waals surface area contributed by atoms with E-state index in [4.69, 9.17) is 10.5 Å². The lowest BCUT2D eigenvalue weighted by Crippen LogP contribution is -2.16. The topological polar surface area (TPSA) is 64.3 Å². The molecule has 0 radical (unpaired) electrons. The third-order valence-corrected chi connectivity index (χ3v) is 2.24. The van der Waals surface area contributed by atoms with Crippen LogP contribution in [0.25, 0.3) is 0 Å². The number of amides is 1. The normalized spacial score (nSPS) is 9.50. The number of hydrogen-bond donors (Lipinski definition) is 2. The molecule has 1 rings (SSSR count). The van der Waals surface area contributed by atoms with Crippen molar-refractivity contribution in [1.29, 1.82) is 0 Å². The van der Waals surface area contributed by atoms with Crippen LogP contribution in [0.3, 0.4) is 0 Å². The Morgan fingerprint density at radius 2 is 2.17 bits per heavy atom. The molecule has 0 spiro atoms. The Bertz CT molecular complexity index is 383. The summed E-state index contributed by atoms with van der Waals surface area (Å²) in [4.78, 5) is 11.5. The summed E-state index contributed by atoms with van der Waals surface area (Å²) in [6.45, 7) is 5.03. The van der Waals surface area contributed by atoms with E-state index in [0.717, 1.165) is 17.7 Å². The van der Waals surface area contributed by atoms with Gasteiger partial charge >= 0.3 is 0 Å². The van der Waals surface area contributed by atoms with Gasteiger partial charge < -0.3 is 15.8 Å². The van der Waals surface area contributed by atoms with E-state index >= 15 is 0 Å². The third kappa shape index (κ3) is 5.38. The predicted octanol–water partition coefficient (Wildman–Crippen LogP) is 2.49. The van der Waals surface area contributed by atoms with E-state index in [2.05, 4.69) is 5.32 Å². The van der Waals surface area contributed by atoms with Crippen molar-refractivity contribution in [3.8, 4) is 5.75 Å². The largest absolute Gasteiger partial charge is 0.491 e. The Morgan fingerprint density at radius 3 is 2.78 bits per heavy atom. The van der Waals surface area contributed by atoms with Gasteiger partial charge in [-0.2, -0.15) is 0 Å². The molecule has 1 aromatic rings. The van der Waals surface area contributed by atoms with Crippen LogP contribution in [-0.2, 0) is 4.79 Å². The zero-order valence-corrected chi connectivity index (χ0v) is 11.7. The van der Waals surface area contributed by atoms with Crippen molar-refractivity contribution < 1.29 is 9.53 Å². The Morgan fingerprint density at radius 1 is 1.44 bits per heavy atom. The lowest BCUT2D eigenvalue weighted by Gasteiger charge is -2.12. The second kappa shape index (κ2) is 8.78. The summed E-state index contributed by atoms with van der Waals surface area (Å²) in [7, 11) is 0. The van der Waals surface area contributed by atoms with Gasteiger partial charge in [0, 0.05) is 13.0 Å². The molecule has 0 bridgehead atoms. The van der Waals surface area contributed by atoms with E-state index in [1.54, 1.807) is 0 Å². The monoisotopic (exact) mass is 272 g/mol. The summed E-state index contributed by atoms with van der Waals surface area (Å²) < 4.78 is 5.60. The molecular formula is C13H21ClN2O2. The molecule has 18 heavy (non-hydrogen) atoms. The van der Waals surface area contributed by atoms with Gasteiger partial charge in [0.1, 0.15) is 5.75 Å². The second-order valence-corrected chi connectivity index (χ2v) is 3.93. The summed E-state index contributed by atoms with van der Waals surface area (Å²) in [5.41, 5.74) is 7.15. The van der Waals surface area contributed by atoms with E-state index in [9.17, 15) is 4.79 Å². The smallest absolute Gasteiger partial charge is 0.225 e. The predicted molar refractivity (Wildman–Crippen MR) is 76.5 cm³/mol. The van der Waals surface area contributed by atoms with Crippen molar-refractivity contribution in [2.24, 2.45) is 5.73 Å². The van der Waals surface area contributed by atoms with Gasteiger partial charge in [-0.3, -0.25) is 4.79 Å². The Balaban J connectivity index is 0.00000289. The van der Waals surface area contributed by atoms with Gasteiger partial charge in [-0.1, -0.05) is 13.0 Å². The number of carbonyl (C=O) groups is 1. The van der Waals surface area contributed by atoms with Crippen LogP contribution in [-0.4, -0.2) is 19.1 Å². The van der Waals surface area contributed by atoms with Gasteiger partial charge in [0.05, 0.1) is 12.3 Å². The summed E-state index contributed by atoms with van der Waals surface area (Å²) in [6.07, 6.45) is 1.26. The zero-order valence-electron chi connectivity index (χ0n) is 10.9. The van der Waals surface area contributed by atoms with Crippen LogP contribution in [0, 0.1) is 6.92 Å². The van der Waals surface area contributed by atoms with Crippen molar-refractivity contribution in [2.75, 3.05) is 18.5 Å². The molecule has 3 N–H and O–H groups in total. The summed E-state index contributed by atoms with van der Waals surface area (Å²) >= 11 is 0. The molecule has 4 nitrogen and oxygen atoms in total. The number of benzene rings is 1. The van der Waals surface area contributed by atoms with Gasteiger partial charge in [0.2, 0.25) is 5.91 Å². The SMILES string of the molecule is CCCOc1cc(C)ccc1NC(=O)CCN.Cl. The third-order valence-electron chi connectivity index (χ3n) is 2.24. The highest BCUT2D eigenvalue weighted by molar-refractivity contribution is 5.92. The summed E-state index contributed by atoms with van der Waals surface area (Å²) in [6, 6.07) is 5.72. The van der Waals surface area contributed by atoms with Gasteiger partial charge in [-0.25, -0.2) is 0 Å². The number of hydrogen-bond acceptors (Lipinski definition) is 3. The quantitative estimate of drug-likeness (QED) is 0.836. The van der Waals surface area contributed by atoms with Crippen LogP contribution in [0.4, 0.5) is 5.69 Å². The molecule has 0 aromatic heterocycles. The molecule has 0 fully saturated rings. The molecular weight excluding hydrogens is 252 g/mol. The lowest BCUT2D eigenvalue weighted by molar-refractivity contribution is -0.116. The molecule has 0 atom stereocenters. The first-order valence-corrected chi connectivity index (χ1v) is 5.90. The Labute approximate surface area is 114 Å². The number of halogens is 1. The minimum absolute atomic E-state index is 0. The van der Waals surface area contributed by atoms with E-state index in [1.807, 2.05) is 32.0 Å². The number of aryl methyl sites for hydroxylation is 1. The number of carbonyl (C=O) groups excluding carboxylic acids is 1. The molecule has 0 heterocycles. The van der Waals surface area contributed by atoms with E-state index in [1.165, 1.54) is 0 Å². The van der Waals surface area contributed by atoms with Crippen molar-refractivity contribution in [3.63, 3.8) is 0 Å². The van der Waals surface area contributed by atoms with Gasteiger partial charge in [-0.05, 0) is 31.0 Å². The molecule has 0 saturated carbocycles. The van der Waals surface area contributed by atoms with E-state index in [-0.39, 0.29) is 18.3 Å². The first-order chi connectivity index (χ1) is 8.17. The molecule has 0 aliphatic carbocycles. The molecule has 0 saturated heterocycles. The molecule has 0 aliphatic rings. The standard InChI is InChI=1S/C13H20N2O2.ClH/c1-3-8-17-12-9-10(2)4-5-11(12)15-13(16)6-7-14;/h4-5,9H,3,6-8,14H2,1-2H3,(H,15,16);1H. The van der Waals surface area contributed by atoms with Crippen LogP contribution in [0.1, 0.15) is 25.3 Å². The van der Waals surface area contributed by atoms with E-state index < -0.39 is 0 Å². The maximum absolute atomic E-state index is 11.5. The molecule has 1 aromatic carbocycles. The number of rotatable bonds is 6. The molecule has 102 valence electrons. The minimum Gasteiger partial charge on any atom is -0.491 e. The fraction of sp³-hybridized carbons (Fsp3) is 0.462. The van der Waals surface area contributed by atoms with Crippen molar-refractivity contribution in [3.05, 3.63) is 23.8 Å². The Hall–Kier alpha value is -1.26. The average molecular weight is 273 g/mol. The highest BCUT2D eigenvalue weighted by Crippen LogP contribution is 2.26. The first kappa shape index (κ1) is 16.7. The fourth-order valence-corrected chi connectivity index (χ4v) is 1.41. The van der Waals surface area contributed by atoms with Crippen molar-refractivity contribution in [1.82, 2.24) is 0 Å². The molecule has 0 aliphatic heterocycles. The van der Waals surface area contributed by atoms with Crippen LogP contribution < -0.4 is 15.8 Å². The molecule has 5 heteroatoms. The fourth-order valence-electron chi connectivity index (χ4n) is 1.41. The van der Waals surface area contributed by atoms with Crippen LogP contribution in [0.5, 0.6) is 5.75 Å². The van der Waals surface area contributed by atoms with Gasteiger partial charge in [0.15, 0.2) is 0 Å². The highest BCUT2D eigenvalue weighted by atomic mass is 35.5. The second-order valence-electron chi connectivity index (χ2n) is 3.93. The van der Waals surface area contributed by atoms with Crippen LogP contribution in [0.15, 0.2) is 18.2 Å². The molecule has 0 unspecified atom stereocenters. The van der Waals surface area contributed by atoms with Crippen molar-refractivity contribution in [2.45, 2.75) is 26.7 Å². The zero-order chi connectivity index (χ0) is 12.7. The average Bonchev–Trinajstić information content (AvgIpc) is 2.30. The van der Waals surface area contributed by atoms with Gasteiger partial charge in [0.25, 0.3) is 0 Å². The Kier molecular flexibility index (Phi) is 8.16. The first-order valence-electron chi connectivity index (χ1n) is 5.90. The minimum atomic E-state index is -0.0855. The number of nitrogens with two attached hydrogens (primary N) is 1. The van der Waals surface area contributed by atoms with Crippen LogP contribution >= 0.6 is 12.4 Å². The lowest BCUT2D eigenvalue weighted by atomic mass is 10.2. The maximum atomic E-state index is 11.5. The van der Waals surface area contributed by atoms with Gasteiger partial charge in [-0.15, -0.1) is 12.4 Å². The summed E-state index contributed by atoms with van der Waals surface area (Å²) in [5, 5.41) is 2.80. The number of ether oxygens (including phenoxy) is 1. The van der Waals surface area contributed by atoms with Crippen LogP contribution in [0.2, 0.25) is 0 Å². The van der Waals surface area contributed by atoms with Crippen molar-refractivity contribution >= 4 is 24.0 Å².